The summed E-state index contributed by atoms with van der Waals surface area (Å²) in [7, 11) is 0. The molecule has 4 N–H and O–H groups in total. The van der Waals surface area contributed by atoms with Gasteiger partial charge in [-0.1, -0.05) is 17.7 Å². The molecule has 0 spiro atoms. The van der Waals surface area contributed by atoms with Crippen LogP contribution >= 0.6 is 11.6 Å². The third-order valence-corrected chi connectivity index (χ3v) is 6.33. The molecule has 1 fully saturated rings. The molecule has 0 atom stereocenters. The normalized spacial score (nSPS) is 14.3. The number of hydrogen-bond acceptors (Lipinski definition) is 5. The van der Waals surface area contributed by atoms with Crippen molar-refractivity contribution in [2.75, 3.05) is 56.1 Å². The van der Waals surface area contributed by atoms with Crippen LogP contribution in [0.4, 0.5) is 38.1 Å². The highest BCUT2D eigenvalue weighted by atomic mass is 35.5. The minimum absolute atomic E-state index is 0.108. The molecule has 3 amide bonds. The second kappa shape index (κ2) is 13.8. The van der Waals surface area contributed by atoms with Crippen LogP contribution in [0.5, 0.6) is 0 Å². The molecule has 0 bridgehead atoms. The highest BCUT2D eigenvalue weighted by Crippen LogP contribution is 2.31. The molecule has 0 radical (unpaired) electrons. The van der Waals surface area contributed by atoms with Crippen LogP contribution in [0, 0.1) is 11.6 Å². The van der Waals surface area contributed by atoms with Gasteiger partial charge in [0, 0.05) is 63.0 Å². The van der Waals surface area contributed by atoms with Gasteiger partial charge in [-0.25, -0.2) is 13.6 Å². The van der Waals surface area contributed by atoms with Crippen LogP contribution in [-0.4, -0.2) is 74.0 Å². The summed E-state index contributed by atoms with van der Waals surface area (Å²) in [6, 6.07) is 6.26. The third-order valence-electron chi connectivity index (χ3n) is 6.10. The third kappa shape index (κ3) is 8.94. The first-order valence-electron chi connectivity index (χ1n) is 12.2. The van der Waals surface area contributed by atoms with E-state index in [9.17, 15) is 31.5 Å². The number of carbonyl (C=O) groups is 2. The smallest absolute Gasteiger partial charge is 0.390 e. The number of rotatable bonds is 10. The van der Waals surface area contributed by atoms with E-state index in [1.54, 1.807) is 11.0 Å². The fourth-order valence-electron chi connectivity index (χ4n) is 3.98. The lowest BCUT2D eigenvalue weighted by Gasteiger charge is -2.37. The van der Waals surface area contributed by atoms with Crippen LogP contribution in [-0.2, 0) is 6.54 Å². The lowest BCUT2D eigenvalue weighted by Crippen LogP contribution is -2.47. The first-order valence-corrected chi connectivity index (χ1v) is 12.6. The van der Waals surface area contributed by atoms with Crippen LogP contribution in [0.15, 0.2) is 30.3 Å². The molecule has 1 heterocycles. The van der Waals surface area contributed by atoms with Crippen molar-refractivity contribution in [3.63, 3.8) is 0 Å². The first-order chi connectivity index (χ1) is 18.5. The Bertz CT molecular complexity index is 1160. The van der Waals surface area contributed by atoms with E-state index in [1.165, 1.54) is 18.2 Å². The Hall–Kier alpha value is -3.16. The number of nitrogens with one attached hydrogen (secondary N) is 3. The molecule has 1 saturated heterocycles. The molecule has 214 valence electrons. The second-order valence-corrected chi connectivity index (χ2v) is 9.33. The predicted octanol–water partition coefficient (Wildman–Crippen LogP) is 4.13. The number of urea groups is 1. The summed E-state index contributed by atoms with van der Waals surface area (Å²) < 4.78 is 67.1. The van der Waals surface area contributed by atoms with Crippen molar-refractivity contribution in [2.45, 2.75) is 25.6 Å². The summed E-state index contributed by atoms with van der Waals surface area (Å²) in [6.07, 6.45) is -4.80. The number of benzene rings is 2. The maximum atomic E-state index is 14.8. The lowest BCUT2D eigenvalue weighted by molar-refractivity contribution is -0.138. The van der Waals surface area contributed by atoms with Gasteiger partial charge in [-0.3, -0.25) is 9.69 Å². The van der Waals surface area contributed by atoms with Crippen molar-refractivity contribution < 1.29 is 36.6 Å². The zero-order valence-electron chi connectivity index (χ0n) is 20.9. The fourth-order valence-corrected chi connectivity index (χ4v) is 4.15. The number of nitrogens with zero attached hydrogens (tertiary/aromatic N) is 2. The molecule has 3 rings (SSSR count). The summed E-state index contributed by atoms with van der Waals surface area (Å²) in [4.78, 5) is 28.1. The molecular formula is C25H29ClF5N5O3. The molecule has 0 unspecified atom stereocenters. The van der Waals surface area contributed by atoms with Crippen molar-refractivity contribution >= 4 is 34.9 Å². The number of anilines is 2. The van der Waals surface area contributed by atoms with Crippen molar-refractivity contribution in [1.29, 1.82) is 0 Å². The van der Waals surface area contributed by atoms with E-state index in [2.05, 4.69) is 16.0 Å². The molecule has 0 aliphatic carbocycles. The second-order valence-electron chi connectivity index (χ2n) is 8.90. The minimum Gasteiger partial charge on any atom is -0.396 e. The van der Waals surface area contributed by atoms with E-state index in [-0.39, 0.29) is 37.5 Å². The molecule has 14 heteroatoms. The van der Waals surface area contributed by atoms with E-state index in [0.29, 0.717) is 43.3 Å². The zero-order chi connectivity index (χ0) is 28.6. The Morgan fingerprint density at radius 1 is 1.00 bits per heavy atom. The predicted molar refractivity (Wildman–Crippen MR) is 137 cm³/mol. The lowest BCUT2D eigenvalue weighted by atomic mass is 10.1. The number of alkyl halides is 3. The van der Waals surface area contributed by atoms with Crippen LogP contribution in [0.3, 0.4) is 0 Å². The number of amides is 3. The van der Waals surface area contributed by atoms with Crippen LogP contribution in [0.1, 0.15) is 28.8 Å². The monoisotopic (exact) mass is 577 g/mol. The van der Waals surface area contributed by atoms with Gasteiger partial charge >= 0.3 is 12.2 Å². The average Bonchev–Trinajstić information content (AvgIpc) is 2.89. The van der Waals surface area contributed by atoms with Gasteiger partial charge in [-0.05, 0) is 30.7 Å². The fraction of sp³-hybridized carbons (Fsp3) is 0.440. The summed E-state index contributed by atoms with van der Waals surface area (Å²) in [6.45, 7) is 1.14. The molecule has 2 aromatic rings. The van der Waals surface area contributed by atoms with Crippen molar-refractivity contribution in [3.8, 4) is 0 Å². The summed E-state index contributed by atoms with van der Waals surface area (Å²) in [5, 5.41) is 16.5. The largest absolute Gasteiger partial charge is 0.396 e. The van der Waals surface area contributed by atoms with Gasteiger partial charge in [0.25, 0.3) is 5.91 Å². The van der Waals surface area contributed by atoms with E-state index in [4.69, 9.17) is 16.7 Å². The summed E-state index contributed by atoms with van der Waals surface area (Å²) >= 11 is 6.14. The number of halogens is 6. The van der Waals surface area contributed by atoms with Crippen molar-refractivity contribution in [3.05, 3.63) is 58.1 Å². The van der Waals surface area contributed by atoms with E-state index < -0.39 is 41.7 Å². The number of aliphatic hydroxyl groups is 1. The van der Waals surface area contributed by atoms with Gasteiger partial charge in [0.15, 0.2) is 11.6 Å². The molecule has 1 aliphatic heterocycles. The molecular weight excluding hydrogens is 549 g/mol. The highest BCUT2D eigenvalue weighted by molar-refractivity contribution is 6.31. The van der Waals surface area contributed by atoms with Gasteiger partial charge < -0.3 is 26.0 Å². The maximum absolute atomic E-state index is 14.8. The van der Waals surface area contributed by atoms with Gasteiger partial charge in [-0.2, -0.15) is 13.2 Å². The Labute approximate surface area is 227 Å². The summed E-state index contributed by atoms with van der Waals surface area (Å²) in [5.74, 6) is -3.59. The van der Waals surface area contributed by atoms with E-state index in [0.717, 1.165) is 6.07 Å². The van der Waals surface area contributed by atoms with Gasteiger partial charge in [0.1, 0.15) is 0 Å². The average molecular weight is 578 g/mol. The van der Waals surface area contributed by atoms with Gasteiger partial charge in [0.2, 0.25) is 0 Å². The number of hydrogen-bond donors (Lipinski definition) is 4. The summed E-state index contributed by atoms with van der Waals surface area (Å²) in [5.41, 5.74) is 0.0527. The Morgan fingerprint density at radius 3 is 2.38 bits per heavy atom. The van der Waals surface area contributed by atoms with Crippen LogP contribution in [0.25, 0.3) is 0 Å². The highest BCUT2D eigenvalue weighted by Gasteiger charge is 2.29. The maximum Gasteiger partial charge on any atom is 0.390 e. The van der Waals surface area contributed by atoms with Crippen molar-refractivity contribution in [1.82, 2.24) is 15.5 Å². The van der Waals surface area contributed by atoms with Crippen LogP contribution in [0.2, 0.25) is 5.02 Å². The molecule has 1 aliphatic rings. The number of carbonyl (C=O) groups excluding carboxylic acids is 2. The molecule has 39 heavy (non-hydrogen) atoms. The van der Waals surface area contributed by atoms with Crippen molar-refractivity contribution in [2.24, 2.45) is 0 Å². The first kappa shape index (κ1) is 30.4. The standard InChI is InChI=1S/C25H29ClF5N5O3/c26-17-3-5-19(20(14-17)36-11-9-35(10-12-36)8-6-25(29,30)31)34-23(38)18-4-2-16(21(27)22(18)28)15-33-24(39)32-7-1-13-37/h2-5,14,37H,1,6-13,15H2,(H,34,38)(H2,32,33,39). The van der Waals surface area contributed by atoms with Gasteiger partial charge in [-0.15, -0.1) is 0 Å². The zero-order valence-corrected chi connectivity index (χ0v) is 21.6. The molecule has 2 aromatic carbocycles. The topological polar surface area (TPSA) is 96.9 Å². The Morgan fingerprint density at radius 2 is 1.72 bits per heavy atom. The number of aliphatic hydroxyl groups excluding tert-OH is 1. The minimum atomic E-state index is -4.24. The van der Waals surface area contributed by atoms with Crippen LogP contribution < -0.4 is 20.9 Å². The molecule has 8 nitrogen and oxygen atoms in total. The van der Waals surface area contributed by atoms with Gasteiger partial charge in [0.05, 0.1) is 23.4 Å². The van der Waals surface area contributed by atoms with E-state index in [1.807, 2.05) is 4.90 Å². The molecule has 0 aromatic heterocycles. The SMILES string of the molecule is O=C(NCCCO)NCc1ccc(C(=O)Nc2ccc(Cl)cc2N2CCN(CCC(F)(F)F)CC2)c(F)c1F. The molecule has 0 saturated carbocycles. The van der Waals surface area contributed by atoms with E-state index >= 15 is 0 Å². The quantitative estimate of drug-likeness (QED) is 0.252. The Kier molecular flexibility index (Phi) is 10.7. The number of piperazine rings is 1. The Balaban J connectivity index is 1.66.